The maximum absolute atomic E-state index is 13.4. The molecule has 0 saturated carbocycles. The molecule has 0 aliphatic carbocycles. The van der Waals surface area contributed by atoms with Crippen LogP contribution in [-0.4, -0.2) is 17.0 Å². The molecule has 0 unspecified atom stereocenters. The van der Waals surface area contributed by atoms with Crippen LogP contribution in [0.5, 0.6) is 0 Å². The van der Waals surface area contributed by atoms with Gasteiger partial charge in [-0.25, -0.2) is 9.18 Å². The van der Waals surface area contributed by atoms with Crippen molar-refractivity contribution in [3.8, 4) is 0 Å². The summed E-state index contributed by atoms with van der Waals surface area (Å²) in [5.41, 5.74) is 0.803. The van der Waals surface area contributed by atoms with Gasteiger partial charge in [-0.1, -0.05) is 23.7 Å². The average Bonchev–Trinajstić information content (AvgIpc) is 2.43. The molecule has 2 N–H and O–H groups in total. The predicted octanol–water partition coefficient (Wildman–Crippen LogP) is 3.74. The summed E-state index contributed by atoms with van der Waals surface area (Å²) in [5, 5.41) is 11.5. The van der Waals surface area contributed by atoms with Crippen LogP contribution in [0.2, 0.25) is 5.02 Å². The number of para-hydroxylation sites is 1. The second kappa shape index (κ2) is 5.93. The minimum absolute atomic E-state index is 0.0298. The molecule has 0 radical (unpaired) electrons. The summed E-state index contributed by atoms with van der Waals surface area (Å²) in [6.07, 6.45) is 0. The number of benzene rings is 2. The fraction of sp³-hybridized carbons (Fsp3) is 0.0667. The molecular weight excluding hydrogens is 297 g/mol. The SMILES string of the molecule is Cc1cccc(C(=O)O)c1NC(=O)c1ccc(Cl)c(F)c1. The maximum atomic E-state index is 13.4. The van der Waals surface area contributed by atoms with Crippen molar-refractivity contribution < 1.29 is 19.1 Å². The second-order valence-electron chi connectivity index (χ2n) is 4.39. The number of aromatic carboxylic acids is 1. The number of carbonyl (C=O) groups is 2. The summed E-state index contributed by atoms with van der Waals surface area (Å²) in [5.74, 6) is -2.48. The Morgan fingerprint density at radius 3 is 2.57 bits per heavy atom. The van der Waals surface area contributed by atoms with Crippen LogP contribution < -0.4 is 5.32 Å². The van der Waals surface area contributed by atoms with Gasteiger partial charge in [0.05, 0.1) is 16.3 Å². The fourth-order valence-corrected chi connectivity index (χ4v) is 1.95. The Kier molecular flexibility index (Phi) is 4.23. The molecule has 0 aliphatic rings. The van der Waals surface area contributed by atoms with Gasteiger partial charge in [-0.15, -0.1) is 0 Å². The molecule has 4 nitrogen and oxygen atoms in total. The van der Waals surface area contributed by atoms with Crippen molar-refractivity contribution in [1.82, 2.24) is 0 Å². The minimum Gasteiger partial charge on any atom is -0.478 e. The highest BCUT2D eigenvalue weighted by atomic mass is 35.5. The first-order valence-corrected chi connectivity index (χ1v) is 6.37. The molecule has 0 atom stereocenters. The molecule has 6 heteroatoms. The van der Waals surface area contributed by atoms with Crippen molar-refractivity contribution in [2.24, 2.45) is 0 Å². The van der Waals surface area contributed by atoms with Gasteiger partial charge in [0, 0.05) is 5.56 Å². The van der Waals surface area contributed by atoms with Crippen LogP contribution in [0.3, 0.4) is 0 Å². The van der Waals surface area contributed by atoms with Crippen molar-refractivity contribution >= 4 is 29.2 Å². The largest absolute Gasteiger partial charge is 0.478 e. The topological polar surface area (TPSA) is 66.4 Å². The molecule has 0 fully saturated rings. The van der Waals surface area contributed by atoms with Crippen LogP contribution in [0, 0.1) is 12.7 Å². The highest BCUT2D eigenvalue weighted by molar-refractivity contribution is 6.30. The van der Waals surface area contributed by atoms with Gasteiger partial charge in [-0.05, 0) is 36.8 Å². The van der Waals surface area contributed by atoms with Crippen molar-refractivity contribution in [3.63, 3.8) is 0 Å². The average molecular weight is 308 g/mol. The Bertz CT molecular complexity index is 731. The van der Waals surface area contributed by atoms with Gasteiger partial charge in [0.2, 0.25) is 0 Å². The molecule has 0 bridgehead atoms. The van der Waals surface area contributed by atoms with Crippen LogP contribution in [-0.2, 0) is 0 Å². The van der Waals surface area contributed by atoms with Gasteiger partial charge in [-0.3, -0.25) is 4.79 Å². The van der Waals surface area contributed by atoms with Crippen molar-refractivity contribution in [2.45, 2.75) is 6.92 Å². The second-order valence-corrected chi connectivity index (χ2v) is 4.79. The molecule has 2 aromatic rings. The van der Waals surface area contributed by atoms with Gasteiger partial charge < -0.3 is 10.4 Å². The zero-order valence-electron chi connectivity index (χ0n) is 11.0. The number of carboxylic acid groups (broad SMARTS) is 1. The Hall–Kier alpha value is -2.40. The first-order valence-electron chi connectivity index (χ1n) is 5.99. The van der Waals surface area contributed by atoms with E-state index in [1.807, 2.05) is 0 Å². The number of rotatable bonds is 3. The number of carboxylic acids is 1. The Labute approximate surface area is 125 Å². The van der Waals surface area contributed by atoms with Crippen LogP contribution in [0.15, 0.2) is 36.4 Å². The zero-order valence-corrected chi connectivity index (χ0v) is 11.7. The van der Waals surface area contributed by atoms with Crippen LogP contribution in [0.25, 0.3) is 0 Å². The number of anilines is 1. The predicted molar refractivity (Wildman–Crippen MR) is 77.5 cm³/mol. The van der Waals surface area contributed by atoms with E-state index in [1.165, 1.54) is 18.2 Å². The number of amides is 1. The number of carbonyl (C=O) groups excluding carboxylic acids is 1. The van der Waals surface area contributed by atoms with E-state index in [4.69, 9.17) is 16.7 Å². The van der Waals surface area contributed by atoms with Gasteiger partial charge in [0.15, 0.2) is 0 Å². The molecular formula is C15H11ClFNO3. The molecule has 0 spiro atoms. The van der Waals surface area contributed by atoms with Gasteiger partial charge in [0.25, 0.3) is 5.91 Å². The van der Waals surface area contributed by atoms with Crippen LogP contribution in [0.4, 0.5) is 10.1 Å². The van der Waals surface area contributed by atoms with E-state index >= 15 is 0 Å². The summed E-state index contributed by atoms with van der Waals surface area (Å²) in [4.78, 5) is 23.3. The molecule has 1 amide bonds. The number of halogens is 2. The molecule has 2 aromatic carbocycles. The first-order chi connectivity index (χ1) is 9.90. The Morgan fingerprint density at radius 2 is 1.95 bits per heavy atom. The number of nitrogens with one attached hydrogen (secondary N) is 1. The minimum atomic E-state index is -1.16. The van der Waals surface area contributed by atoms with Gasteiger partial charge >= 0.3 is 5.97 Å². The maximum Gasteiger partial charge on any atom is 0.337 e. The van der Waals surface area contributed by atoms with E-state index in [2.05, 4.69) is 5.32 Å². The molecule has 0 aliphatic heterocycles. The summed E-state index contributed by atoms with van der Waals surface area (Å²) in [6, 6.07) is 8.26. The third-order valence-corrected chi connectivity index (χ3v) is 3.23. The molecule has 0 aromatic heterocycles. The third kappa shape index (κ3) is 3.20. The van der Waals surface area contributed by atoms with E-state index in [1.54, 1.807) is 19.1 Å². The van der Waals surface area contributed by atoms with Gasteiger partial charge in [0.1, 0.15) is 5.82 Å². The standard InChI is InChI=1S/C15H11ClFNO3/c1-8-3-2-4-10(15(20)21)13(8)18-14(19)9-5-6-11(16)12(17)7-9/h2-7H,1H3,(H,18,19)(H,20,21). The van der Waals surface area contributed by atoms with Crippen molar-refractivity contribution in [2.75, 3.05) is 5.32 Å². The lowest BCUT2D eigenvalue weighted by molar-refractivity contribution is 0.0698. The van der Waals surface area contributed by atoms with Crippen molar-refractivity contribution in [3.05, 3.63) is 63.9 Å². The quantitative estimate of drug-likeness (QED) is 0.907. The molecule has 21 heavy (non-hydrogen) atoms. The van der Waals surface area contributed by atoms with Crippen LogP contribution in [0.1, 0.15) is 26.3 Å². The van der Waals surface area contributed by atoms with E-state index in [0.717, 1.165) is 6.07 Å². The zero-order chi connectivity index (χ0) is 15.6. The summed E-state index contributed by atoms with van der Waals surface area (Å²) in [6.45, 7) is 1.67. The lowest BCUT2D eigenvalue weighted by Crippen LogP contribution is -2.16. The third-order valence-electron chi connectivity index (χ3n) is 2.92. The van der Waals surface area contributed by atoms with E-state index in [0.29, 0.717) is 5.56 Å². The van der Waals surface area contributed by atoms with E-state index < -0.39 is 17.7 Å². The molecule has 0 saturated heterocycles. The Balaban J connectivity index is 2.36. The summed E-state index contributed by atoms with van der Waals surface area (Å²) in [7, 11) is 0. The number of hydrogen-bond donors (Lipinski definition) is 2. The fourth-order valence-electron chi connectivity index (χ4n) is 1.83. The Morgan fingerprint density at radius 1 is 1.24 bits per heavy atom. The molecule has 0 heterocycles. The summed E-state index contributed by atoms with van der Waals surface area (Å²) < 4.78 is 13.4. The highest BCUT2D eigenvalue weighted by Crippen LogP contribution is 2.22. The lowest BCUT2D eigenvalue weighted by atomic mass is 10.1. The number of hydrogen-bond acceptors (Lipinski definition) is 2. The molecule has 108 valence electrons. The first kappa shape index (κ1) is 15.0. The smallest absolute Gasteiger partial charge is 0.337 e. The monoisotopic (exact) mass is 307 g/mol. The lowest BCUT2D eigenvalue weighted by Gasteiger charge is -2.11. The van der Waals surface area contributed by atoms with Crippen LogP contribution >= 0.6 is 11.6 Å². The highest BCUT2D eigenvalue weighted by Gasteiger charge is 2.16. The molecule has 2 rings (SSSR count). The van der Waals surface area contributed by atoms with E-state index in [9.17, 15) is 14.0 Å². The van der Waals surface area contributed by atoms with Crippen molar-refractivity contribution in [1.29, 1.82) is 0 Å². The summed E-state index contributed by atoms with van der Waals surface area (Å²) >= 11 is 5.55. The normalized spacial score (nSPS) is 10.2. The van der Waals surface area contributed by atoms with E-state index in [-0.39, 0.29) is 21.8 Å². The van der Waals surface area contributed by atoms with Gasteiger partial charge in [-0.2, -0.15) is 0 Å². The number of aryl methyl sites for hydroxylation is 1.